The molecule has 0 aliphatic rings. The third-order valence-electron chi connectivity index (χ3n) is 5.67. The van der Waals surface area contributed by atoms with E-state index in [0.29, 0.717) is 35.6 Å². The number of carbonyl (C=O) groups excluding carboxylic acids is 1. The van der Waals surface area contributed by atoms with Crippen LogP contribution in [0.5, 0.6) is 5.75 Å². The zero-order valence-electron chi connectivity index (χ0n) is 18.6. The minimum absolute atomic E-state index is 0.139. The molecule has 4 aromatic rings. The lowest BCUT2D eigenvalue weighted by Gasteiger charge is -2.12. The van der Waals surface area contributed by atoms with Crippen molar-refractivity contribution in [2.75, 3.05) is 7.11 Å². The average molecular weight is 434 g/mol. The topological polar surface area (TPSA) is 90.8 Å². The van der Waals surface area contributed by atoms with Gasteiger partial charge in [-0.1, -0.05) is 0 Å². The summed E-state index contributed by atoms with van der Waals surface area (Å²) in [5, 5.41) is 7.37. The van der Waals surface area contributed by atoms with Crippen LogP contribution in [-0.2, 0) is 24.8 Å². The third kappa shape index (κ3) is 4.16. The number of aromatic nitrogens is 3. The fraction of sp³-hybridized carbons (Fsp3) is 0.292. The third-order valence-corrected chi connectivity index (χ3v) is 5.67. The highest BCUT2D eigenvalue weighted by Crippen LogP contribution is 2.23. The molecule has 0 radical (unpaired) electrons. The summed E-state index contributed by atoms with van der Waals surface area (Å²) < 4.78 is 14.0. The van der Waals surface area contributed by atoms with Crippen LogP contribution in [0.1, 0.15) is 29.2 Å². The number of furan rings is 1. The number of nitrogens with zero attached hydrogens (tertiary/aromatic N) is 3. The molecule has 8 nitrogen and oxygen atoms in total. The van der Waals surface area contributed by atoms with E-state index in [-0.39, 0.29) is 17.9 Å². The fourth-order valence-corrected chi connectivity index (χ4v) is 3.70. The molecule has 3 aromatic heterocycles. The molecule has 1 aromatic carbocycles. The van der Waals surface area contributed by atoms with E-state index >= 15 is 0 Å². The molecule has 0 spiro atoms. The molecule has 4 rings (SSSR count). The van der Waals surface area contributed by atoms with E-state index in [2.05, 4.69) is 10.4 Å². The van der Waals surface area contributed by atoms with Crippen molar-refractivity contribution in [3.05, 3.63) is 75.6 Å². The summed E-state index contributed by atoms with van der Waals surface area (Å²) in [6.07, 6.45) is 0.531. The van der Waals surface area contributed by atoms with Crippen molar-refractivity contribution in [3.8, 4) is 17.0 Å². The largest absolute Gasteiger partial charge is 0.497 e. The van der Waals surface area contributed by atoms with Gasteiger partial charge in [-0.3, -0.25) is 9.59 Å². The van der Waals surface area contributed by atoms with Gasteiger partial charge < -0.3 is 19.0 Å². The first-order valence-corrected chi connectivity index (χ1v) is 10.4. The molecule has 32 heavy (non-hydrogen) atoms. The molecule has 0 saturated carbocycles. The molecule has 0 fully saturated rings. The lowest BCUT2D eigenvalue weighted by Crippen LogP contribution is -2.27. The number of hydrogen-bond donors (Lipinski definition) is 1. The van der Waals surface area contributed by atoms with Crippen LogP contribution < -0.4 is 15.6 Å². The smallest absolute Gasteiger partial charge is 0.277 e. The summed E-state index contributed by atoms with van der Waals surface area (Å²) in [5.74, 6) is 2.12. The summed E-state index contributed by atoms with van der Waals surface area (Å²) in [5.41, 5.74) is 3.47. The number of rotatable bonds is 7. The van der Waals surface area contributed by atoms with Gasteiger partial charge in [-0.15, -0.1) is 0 Å². The first-order valence-electron chi connectivity index (χ1n) is 10.4. The van der Waals surface area contributed by atoms with E-state index in [9.17, 15) is 9.59 Å². The highest BCUT2D eigenvalue weighted by atomic mass is 16.5. The molecule has 166 valence electrons. The lowest BCUT2D eigenvalue weighted by atomic mass is 10.1. The molecule has 0 atom stereocenters. The van der Waals surface area contributed by atoms with E-state index in [1.165, 1.54) is 4.52 Å². The number of aryl methyl sites for hydroxylation is 2. The Bertz CT molecular complexity index is 1330. The quantitative estimate of drug-likeness (QED) is 0.483. The van der Waals surface area contributed by atoms with Gasteiger partial charge in [-0.05, 0) is 56.7 Å². The molecule has 1 amide bonds. The molecule has 8 heteroatoms. The second kappa shape index (κ2) is 8.74. The van der Waals surface area contributed by atoms with Crippen LogP contribution in [0.4, 0.5) is 0 Å². The maximum absolute atomic E-state index is 13.2. The number of ether oxygens (including phenoxy) is 1. The van der Waals surface area contributed by atoms with Gasteiger partial charge in [0.1, 0.15) is 22.9 Å². The van der Waals surface area contributed by atoms with Crippen molar-refractivity contribution in [2.24, 2.45) is 7.05 Å². The van der Waals surface area contributed by atoms with E-state index in [0.717, 1.165) is 22.8 Å². The van der Waals surface area contributed by atoms with Gasteiger partial charge in [0.05, 0.1) is 19.3 Å². The predicted molar refractivity (Wildman–Crippen MR) is 121 cm³/mol. The Morgan fingerprint density at radius 1 is 1.16 bits per heavy atom. The number of methoxy groups -OCH3 is 1. The van der Waals surface area contributed by atoms with Crippen molar-refractivity contribution in [1.82, 2.24) is 19.5 Å². The van der Waals surface area contributed by atoms with Crippen LogP contribution in [0.15, 0.2) is 51.7 Å². The van der Waals surface area contributed by atoms with Crippen molar-refractivity contribution in [2.45, 2.75) is 33.2 Å². The number of benzene rings is 1. The summed E-state index contributed by atoms with van der Waals surface area (Å²) >= 11 is 0. The van der Waals surface area contributed by atoms with Crippen LogP contribution >= 0.6 is 0 Å². The first-order chi connectivity index (χ1) is 15.4. The molecule has 0 bridgehead atoms. The molecule has 0 aliphatic heterocycles. The second-order valence-electron chi connectivity index (χ2n) is 7.75. The monoisotopic (exact) mass is 434 g/mol. The van der Waals surface area contributed by atoms with Gasteiger partial charge in [-0.2, -0.15) is 9.61 Å². The van der Waals surface area contributed by atoms with Crippen LogP contribution in [0, 0.1) is 13.8 Å². The van der Waals surface area contributed by atoms with Crippen LogP contribution in [-0.4, -0.2) is 27.2 Å². The Kier molecular flexibility index (Phi) is 5.85. The molecule has 0 unspecified atom stereocenters. The van der Waals surface area contributed by atoms with E-state index in [4.69, 9.17) is 9.15 Å². The number of amides is 1. The molecular formula is C24H26N4O4. The molecule has 0 saturated heterocycles. The van der Waals surface area contributed by atoms with Gasteiger partial charge in [-0.25, -0.2) is 0 Å². The normalized spacial score (nSPS) is 11.1. The van der Waals surface area contributed by atoms with Gasteiger partial charge in [0.15, 0.2) is 0 Å². The Labute approximate surface area is 185 Å². The Morgan fingerprint density at radius 3 is 2.56 bits per heavy atom. The molecular weight excluding hydrogens is 408 g/mol. The SMILES string of the molecule is COc1ccc(-c2cc3n(C)c(C)c(CCC(=O)NCc4ccc(C)o4)c(=O)n3n2)cc1. The molecule has 1 N–H and O–H groups in total. The van der Waals surface area contributed by atoms with Crippen molar-refractivity contribution >= 4 is 11.6 Å². The number of carbonyl (C=O) groups is 1. The van der Waals surface area contributed by atoms with E-state index < -0.39 is 0 Å². The minimum atomic E-state index is -0.204. The van der Waals surface area contributed by atoms with Crippen molar-refractivity contribution < 1.29 is 13.9 Å². The molecule has 3 heterocycles. The predicted octanol–water partition coefficient (Wildman–Crippen LogP) is 3.17. The minimum Gasteiger partial charge on any atom is -0.497 e. The summed E-state index contributed by atoms with van der Waals surface area (Å²) in [6, 6.07) is 13.1. The Hall–Kier alpha value is -3.81. The number of hydrogen-bond acceptors (Lipinski definition) is 5. The average Bonchev–Trinajstić information content (AvgIpc) is 3.43. The zero-order chi connectivity index (χ0) is 22.8. The maximum Gasteiger partial charge on any atom is 0.277 e. The highest BCUT2D eigenvalue weighted by molar-refractivity contribution is 5.76. The summed E-state index contributed by atoms with van der Waals surface area (Å²) in [4.78, 5) is 25.5. The highest BCUT2D eigenvalue weighted by Gasteiger charge is 2.17. The fourth-order valence-electron chi connectivity index (χ4n) is 3.70. The van der Waals surface area contributed by atoms with Crippen molar-refractivity contribution in [3.63, 3.8) is 0 Å². The maximum atomic E-state index is 13.2. The van der Waals surface area contributed by atoms with Crippen molar-refractivity contribution in [1.29, 1.82) is 0 Å². The van der Waals surface area contributed by atoms with Crippen LogP contribution in [0.3, 0.4) is 0 Å². The molecule has 0 aliphatic carbocycles. The van der Waals surface area contributed by atoms with E-state index in [1.807, 2.05) is 67.9 Å². The van der Waals surface area contributed by atoms with Gasteiger partial charge >= 0.3 is 0 Å². The van der Waals surface area contributed by atoms with Gasteiger partial charge in [0.2, 0.25) is 5.91 Å². The summed E-state index contributed by atoms with van der Waals surface area (Å²) in [6.45, 7) is 4.07. The lowest BCUT2D eigenvalue weighted by molar-refractivity contribution is -0.121. The Balaban J connectivity index is 1.55. The van der Waals surface area contributed by atoms with Gasteiger partial charge in [0, 0.05) is 36.4 Å². The summed E-state index contributed by atoms with van der Waals surface area (Å²) in [7, 11) is 3.51. The number of nitrogens with one attached hydrogen (secondary N) is 1. The first kappa shape index (κ1) is 21.4. The van der Waals surface area contributed by atoms with Gasteiger partial charge in [0.25, 0.3) is 5.56 Å². The van der Waals surface area contributed by atoms with Crippen LogP contribution in [0.2, 0.25) is 0 Å². The zero-order valence-corrected chi connectivity index (χ0v) is 18.6. The second-order valence-corrected chi connectivity index (χ2v) is 7.75. The number of fused-ring (bicyclic) bond motifs is 1. The van der Waals surface area contributed by atoms with Crippen LogP contribution in [0.25, 0.3) is 16.9 Å². The standard InChI is InChI=1S/C24H26N4O4/c1-15-5-8-19(32-15)14-25-22(29)12-11-20-16(2)27(3)23-13-21(26-28(23)24(20)30)17-6-9-18(31-4)10-7-17/h5-10,13H,11-12,14H2,1-4H3,(H,25,29). The van der Waals surface area contributed by atoms with E-state index in [1.54, 1.807) is 7.11 Å². The Morgan fingerprint density at radius 2 is 1.91 bits per heavy atom.